The SMILES string of the molecule is [B][B]B([B])B(B([B])[B])B1B(B(B([B])[B])B([B])[B])B(C)B(B(B([B])[B])B([B][B])B([B])[B])B1B(B([B])[B])B([B])B([B])[B]. The lowest BCUT2D eigenvalue weighted by atomic mass is 8.35. The van der Waals surface area contributed by atoms with Gasteiger partial charge >= 0.3 is 0 Å². The summed E-state index contributed by atoms with van der Waals surface area (Å²) in [4.78, 5) is 0. The van der Waals surface area contributed by atoms with Gasteiger partial charge in [-0.1, -0.05) is 0 Å². The number of hydrogen-bond donors (Lipinski definition) is 0. The maximum Gasteiger partial charge on any atom is 0.0413 e. The fraction of sp³-hybridized carbons (Fsp3) is 1.00. The lowest BCUT2D eigenvalue weighted by Gasteiger charge is -2.46. The third kappa shape index (κ3) is 9.30. The normalized spacial score (nSPS) is 12.2. The number of rotatable bonds is 16. The molecule has 1 heterocycles. The van der Waals surface area contributed by atoms with E-state index in [1.54, 1.807) is 0 Å². The van der Waals surface area contributed by atoms with Gasteiger partial charge in [0.15, 0.2) is 0 Å². The van der Waals surface area contributed by atoms with Gasteiger partial charge in [-0.05, 0) is 0 Å². The average molecular weight is 437 g/mol. The molecular weight excluding hydrogens is 434 g/mol. The van der Waals surface area contributed by atoms with Gasteiger partial charge < -0.3 is 0 Å². The standard InChI is InChI=1S/CH3B39/c1-22-33(35(25(8)9)26(10)11)39(36(27(12)13)30(18)20-2)40(37(28(14)15)31(19)23(4)5)34(22)38(29(16)17)32(21-3)24(6)7/h1H3. The maximum atomic E-state index is 6.60. The van der Waals surface area contributed by atoms with E-state index in [4.69, 9.17) is 139 Å². The zero-order valence-electron chi connectivity index (χ0n) is 23.5. The van der Waals surface area contributed by atoms with Crippen molar-refractivity contribution >= 4 is 275 Å². The third-order valence-corrected chi connectivity index (χ3v) is 9.21. The minimum Gasteiger partial charge on any atom is -0.101 e. The molecule has 38 radical (unpaired) electrons. The first-order valence-electron chi connectivity index (χ1n) is 13.6. The molecule has 39 heteroatoms. The van der Waals surface area contributed by atoms with Gasteiger partial charge in [0.1, 0.15) is 0 Å². The van der Waals surface area contributed by atoms with Crippen molar-refractivity contribution in [1.29, 1.82) is 0 Å². The molecule has 0 atom stereocenters. The Kier molecular flexibility index (Phi) is 18.3. The van der Waals surface area contributed by atoms with E-state index in [0.29, 0.717) is 0 Å². The van der Waals surface area contributed by atoms with Crippen LogP contribution in [0.2, 0.25) is 6.82 Å². The monoisotopic (exact) mass is 444 g/mol. The van der Waals surface area contributed by atoms with Gasteiger partial charge in [-0.2, -0.15) is 0 Å². The molecule has 0 saturated carbocycles. The lowest BCUT2D eigenvalue weighted by molar-refractivity contribution is 2.33. The summed E-state index contributed by atoms with van der Waals surface area (Å²) in [5.74, 6) is 0. The molecule has 1 aliphatic rings. The molecule has 1 aliphatic heterocycles. The highest BCUT2D eigenvalue weighted by atomic mass is 13.5. The Morgan fingerprint density at radius 1 is 0.400 bits per heavy atom. The predicted octanol–water partition coefficient (Wildman–Crippen LogP) is -14.3. The molecule has 124 valence electrons. The summed E-state index contributed by atoms with van der Waals surface area (Å²) >= 11 is 0. The van der Waals surface area contributed by atoms with Crippen LogP contribution in [-0.2, 0) is 0 Å². The van der Waals surface area contributed by atoms with Crippen molar-refractivity contribution < 1.29 is 0 Å². The summed E-state index contributed by atoms with van der Waals surface area (Å²) < 4.78 is 0. The van der Waals surface area contributed by atoms with E-state index in [0.717, 1.165) is 0 Å². The molecule has 0 spiro atoms. The first kappa shape index (κ1) is 40.6. The van der Waals surface area contributed by atoms with Crippen LogP contribution in [0.4, 0.5) is 0 Å². The van der Waals surface area contributed by atoms with Crippen LogP contribution in [-0.4, -0.2) is 275 Å². The molecule has 1 fully saturated rings. The Hall–Kier alpha value is 2.53. The molecular formula is CH3B39. The molecule has 0 N–H and O–H groups in total. The minimum atomic E-state index is -1.03. The zero-order chi connectivity index (χ0) is 31.4. The highest BCUT2D eigenvalue weighted by Crippen LogP contribution is 2.27. The van der Waals surface area contributed by atoms with Crippen molar-refractivity contribution in [3.05, 3.63) is 0 Å². The molecule has 0 amide bonds. The lowest BCUT2D eigenvalue weighted by Crippen LogP contribution is -2.84. The summed E-state index contributed by atoms with van der Waals surface area (Å²) in [6.45, 7) is 1.60. The molecule has 0 unspecified atom stereocenters. The summed E-state index contributed by atoms with van der Waals surface area (Å²) in [6.07, 6.45) is -14.2. The highest BCUT2D eigenvalue weighted by Gasteiger charge is 2.64. The molecule has 1 rings (SSSR count). The molecule has 0 aromatic heterocycles. The summed E-state index contributed by atoms with van der Waals surface area (Å²) in [6, 6.07) is 0. The van der Waals surface area contributed by atoms with E-state index >= 15 is 0 Å². The Balaban J connectivity index is 4.28. The van der Waals surface area contributed by atoms with Crippen LogP contribution < -0.4 is 0 Å². The summed E-state index contributed by atoms with van der Waals surface area (Å²) in [5, 5.41) is 0. The number of hydrogen-bond acceptors (Lipinski definition) is 0. The van der Waals surface area contributed by atoms with E-state index in [9.17, 15) is 0 Å². The van der Waals surface area contributed by atoms with E-state index < -0.39 is 115 Å². The molecule has 0 aromatic rings. The van der Waals surface area contributed by atoms with Crippen LogP contribution in [0.1, 0.15) is 0 Å². The van der Waals surface area contributed by atoms with Gasteiger partial charge in [-0.25, -0.2) is 0 Å². The molecule has 0 aliphatic carbocycles. The molecule has 0 bridgehead atoms. The molecule has 0 nitrogen and oxygen atoms in total. The van der Waals surface area contributed by atoms with Crippen LogP contribution in [0.25, 0.3) is 0 Å². The average Bonchev–Trinajstić information content (AvgIpc) is 3.07. The van der Waals surface area contributed by atoms with E-state index in [2.05, 4.69) is 0 Å². The third-order valence-electron chi connectivity index (χ3n) is 9.21. The summed E-state index contributed by atoms with van der Waals surface area (Å²) in [5.41, 5.74) is 0. The Morgan fingerprint density at radius 3 is 1.07 bits per heavy atom. The van der Waals surface area contributed by atoms with Gasteiger partial charge in [0.25, 0.3) is 0 Å². The van der Waals surface area contributed by atoms with Crippen LogP contribution in [0, 0.1) is 0 Å². The molecule has 0 aromatic carbocycles. The minimum absolute atomic E-state index is 0.348. The van der Waals surface area contributed by atoms with Crippen molar-refractivity contribution in [2.24, 2.45) is 0 Å². The van der Waals surface area contributed by atoms with Gasteiger partial charge in [-0.3, -0.25) is 0 Å². The van der Waals surface area contributed by atoms with Crippen LogP contribution in [0.5, 0.6) is 0 Å². The Morgan fingerprint density at radius 2 is 0.775 bits per heavy atom. The van der Waals surface area contributed by atoms with Gasteiger partial charge in [0.2, 0.25) is 0 Å². The predicted molar refractivity (Wildman–Crippen MR) is 230 cm³/mol. The Labute approximate surface area is 279 Å². The summed E-state index contributed by atoms with van der Waals surface area (Å²) in [7, 11) is 116. The van der Waals surface area contributed by atoms with Crippen molar-refractivity contribution in [3.8, 4) is 0 Å². The van der Waals surface area contributed by atoms with Crippen LogP contribution in [0.15, 0.2) is 0 Å². The first-order valence-corrected chi connectivity index (χ1v) is 13.6. The van der Waals surface area contributed by atoms with Gasteiger partial charge in [0.05, 0.1) is 0 Å². The van der Waals surface area contributed by atoms with E-state index in [1.165, 1.54) is 14.1 Å². The van der Waals surface area contributed by atoms with Crippen molar-refractivity contribution in [2.45, 2.75) is 6.82 Å². The second-order valence-electron chi connectivity index (χ2n) is 11.6. The van der Waals surface area contributed by atoms with Gasteiger partial charge in [-0.15, -0.1) is 6.82 Å². The quantitative estimate of drug-likeness (QED) is 0.211. The molecule has 1 saturated heterocycles. The fourth-order valence-electron chi connectivity index (χ4n) is 7.69. The smallest absolute Gasteiger partial charge is 0.0413 e. The fourth-order valence-corrected chi connectivity index (χ4v) is 7.69. The maximum absolute atomic E-state index is 6.60. The van der Waals surface area contributed by atoms with E-state index in [1.807, 2.05) is 6.82 Å². The van der Waals surface area contributed by atoms with Gasteiger partial charge in [0, 0.05) is 275 Å². The topological polar surface area (TPSA) is 0 Å². The largest absolute Gasteiger partial charge is 0.101 e. The van der Waals surface area contributed by atoms with Crippen molar-refractivity contribution in [3.63, 3.8) is 0 Å². The second kappa shape index (κ2) is 18.0. The zero-order valence-corrected chi connectivity index (χ0v) is 23.5. The van der Waals surface area contributed by atoms with Crippen LogP contribution in [0.3, 0.4) is 0 Å². The second-order valence-corrected chi connectivity index (χ2v) is 11.6. The van der Waals surface area contributed by atoms with Crippen molar-refractivity contribution in [1.82, 2.24) is 0 Å². The molecule has 40 heavy (non-hydrogen) atoms. The highest BCUT2D eigenvalue weighted by molar-refractivity contribution is 8.37. The van der Waals surface area contributed by atoms with Crippen LogP contribution >= 0.6 is 0 Å². The van der Waals surface area contributed by atoms with Crippen molar-refractivity contribution in [2.75, 3.05) is 0 Å². The van der Waals surface area contributed by atoms with E-state index in [-0.39, 0.29) is 6.49 Å². The first-order chi connectivity index (χ1) is 18.4. The Bertz CT molecular complexity index is 679.